The number of hydrogen-bond donors (Lipinski definition) is 2. The molecule has 0 amide bonds. The smallest absolute Gasteiger partial charge is 0.303 e. The summed E-state index contributed by atoms with van der Waals surface area (Å²) < 4.78 is 6.13. The molecule has 2 aliphatic heterocycles. The van der Waals surface area contributed by atoms with E-state index >= 15 is 0 Å². The van der Waals surface area contributed by atoms with Crippen LogP contribution < -0.4 is 0 Å². The van der Waals surface area contributed by atoms with Crippen molar-refractivity contribution in [3.8, 4) is 0 Å². The van der Waals surface area contributed by atoms with E-state index in [0.29, 0.717) is 36.4 Å². The quantitative estimate of drug-likeness (QED) is 0.444. The lowest BCUT2D eigenvalue weighted by molar-refractivity contribution is -0.137. The minimum absolute atomic E-state index is 0.242. The molecule has 0 aromatic rings. The molecule has 3 rings (SSSR count). The van der Waals surface area contributed by atoms with E-state index in [1.54, 1.807) is 0 Å². The first-order chi connectivity index (χ1) is 12.6. The molecular formula is C22H34O4. The molecule has 3 fully saturated rings. The number of aliphatic hydroxyl groups excluding tert-OH is 1. The SMILES string of the molecule is O=C(O)CCC/C=C\C[C@H]1[C@H](/C=C/C(O)CC2CCCC2)[C@@H]2CC[C@H]1O2. The fourth-order valence-electron chi connectivity index (χ4n) is 5.05. The van der Waals surface area contributed by atoms with Gasteiger partial charge in [0.1, 0.15) is 0 Å². The molecule has 146 valence electrons. The Bertz CT molecular complexity index is 506. The Morgan fingerprint density at radius 3 is 2.65 bits per heavy atom. The maximum atomic E-state index is 10.5. The molecule has 0 spiro atoms. The second-order valence-electron chi connectivity index (χ2n) is 8.36. The van der Waals surface area contributed by atoms with Crippen LogP contribution in [-0.2, 0) is 9.53 Å². The summed E-state index contributed by atoms with van der Waals surface area (Å²) in [7, 11) is 0. The summed E-state index contributed by atoms with van der Waals surface area (Å²) in [5.74, 6) is 0.895. The highest BCUT2D eigenvalue weighted by atomic mass is 16.5. The topological polar surface area (TPSA) is 66.8 Å². The predicted octanol–water partition coefficient (Wildman–Crippen LogP) is 4.48. The largest absolute Gasteiger partial charge is 0.481 e. The number of carbonyl (C=O) groups is 1. The third kappa shape index (κ3) is 5.43. The van der Waals surface area contributed by atoms with Crippen molar-refractivity contribution < 1.29 is 19.7 Å². The average Bonchev–Trinajstić information content (AvgIpc) is 3.33. The lowest BCUT2D eigenvalue weighted by Gasteiger charge is -2.25. The Morgan fingerprint density at radius 2 is 1.88 bits per heavy atom. The number of allylic oxidation sites excluding steroid dienone is 2. The van der Waals surface area contributed by atoms with Gasteiger partial charge in [0.2, 0.25) is 0 Å². The second kappa shape index (κ2) is 9.70. The zero-order chi connectivity index (χ0) is 18.4. The van der Waals surface area contributed by atoms with Crippen LogP contribution in [0.1, 0.15) is 70.6 Å². The van der Waals surface area contributed by atoms with Crippen LogP contribution in [0.3, 0.4) is 0 Å². The fourth-order valence-corrected chi connectivity index (χ4v) is 5.05. The molecule has 26 heavy (non-hydrogen) atoms. The molecule has 4 heteroatoms. The van der Waals surface area contributed by atoms with Gasteiger partial charge in [-0.25, -0.2) is 0 Å². The fraction of sp³-hybridized carbons (Fsp3) is 0.773. The molecule has 2 heterocycles. The van der Waals surface area contributed by atoms with E-state index in [4.69, 9.17) is 9.84 Å². The number of ether oxygens (including phenoxy) is 1. The van der Waals surface area contributed by atoms with Gasteiger partial charge in [0.25, 0.3) is 0 Å². The molecule has 0 aromatic heterocycles. The summed E-state index contributed by atoms with van der Waals surface area (Å²) >= 11 is 0. The number of unbranched alkanes of at least 4 members (excludes halogenated alkanes) is 1. The first-order valence-corrected chi connectivity index (χ1v) is 10.5. The Balaban J connectivity index is 1.46. The van der Waals surface area contributed by atoms with Gasteiger partial charge < -0.3 is 14.9 Å². The Morgan fingerprint density at radius 1 is 1.12 bits per heavy atom. The normalized spacial score (nSPS) is 33.0. The number of aliphatic carboxylic acids is 1. The maximum absolute atomic E-state index is 10.5. The summed E-state index contributed by atoms with van der Waals surface area (Å²) in [4.78, 5) is 10.5. The van der Waals surface area contributed by atoms with Gasteiger partial charge in [0.15, 0.2) is 0 Å². The van der Waals surface area contributed by atoms with Crippen molar-refractivity contribution in [2.24, 2.45) is 17.8 Å². The highest BCUT2D eigenvalue weighted by Gasteiger charge is 2.46. The molecule has 1 saturated carbocycles. The third-order valence-electron chi connectivity index (χ3n) is 6.43. The number of aliphatic hydroxyl groups is 1. The van der Waals surface area contributed by atoms with E-state index in [1.165, 1.54) is 25.7 Å². The molecule has 3 aliphatic rings. The van der Waals surface area contributed by atoms with Crippen molar-refractivity contribution in [2.75, 3.05) is 0 Å². The number of rotatable bonds is 10. The zero-order valence-corrected chi connectivity index (χ0v) is 15.8. The van der Waals surface area contributed by atoms with Gasteiger partial charge in [0, 0.05) is 12.3 Å². The highest BCUT2D eigenvalue weighted by molar-refractivity contribution is 5.66. The van der Waals surface area contributed by atoms with Gasteiger partial charge in [-0.2, -0.15) is 0 Å². The van der Waals surface area contributed by atoms with Crippen molar-refractivity contribution in [3.05, 3.63) is 24.3 Å². The summed E-state index contributed by atoms with van der Waals surface area (Å²) in [6, 6.07) is 0. The first kappa shape index (κ1) is 19.6. The van der Waals surface area contributed by atoms with E-state index in [9.17, 15) is 9.90 Å². The van der Waals surface area contributed by atoms with Crippen molar-refractivity contribution in [2.45, 2.75) is 88.9 Å². The molecule has 1 aliphatic carbocycles. The second-order valence-corrected chi connectivity index (χ2v) is 8.36. The monoisotopic (exact) mass is 362 g/mol. The molecule has 2 bridgehead atoms. The van der Waals surface area contributed by atoms with Gasteiger partial charge in [-0.15, -0.1) is 0 Å². The van der Waals surface area contributed by atoms with Gasteiger partial charge in [-0.3, -0.25) is 4.79 Å². The van der Waals surface area contributed by atoms with Gasteiger partial charge in [0.05, 0.1) is 18.3 Å². The summed E-state index contributed by atoms with van der Waals surface area (Å²) in [5, 5.41) is 19.0. The van der Waals surface area contributed by atoms with E-state index in [0.717, 1.165) is 32.1 Å². The average molecular weight is 363 g/mol. The van der Waals surface area contributed by atoms with E-state index < -0.39 is 5.97 Å². The summed E-state index contributed by atoms with van der Waals surface area (Å²) in [5.41, 5.74) is 0. The first-order valence-electron chi connectivity index (χ1n) is 10.5. The molecule has 2 N–H and O–H groups in total. The summed E-state index contributed by atoms with van der Waals surface area (Å²) in [6.07, 6.45) is 20.1. The van der Waals surface area contributed by atoms with Gasteiger partial charge in [-0.05, 0) is 50.4 Å². The van der Waals surface area contributed by atoms with Crippen molar-refractivity contribution in [1.82, 2.24) is 0 Å². The standard InChI is InChI=1S/C22H34O4/c23-17(15-16-7-5-6-8-16)11-12-19-18(20-13-14-21(19)26-20)9-3-1-2-4-10-22(24)25/h1,3,11-12,16-21,23H,2,4-10,13-15H2,(H,24,25)/b3-1-,12-11+/t17?,18-,19-,20+,21-/m0/s1. The van der Waals surface area contributed by atoms with Crippen molar-refractivity contribution >= 4 is 5.97 Å². The number of carboxylic acid groups (broad SMARTS) is 1. The number of carboxylic acids is 1. The van der Waals surface area contributed by atoms with Crippen LogP contribution in [0.4, 0.5) is 0 Å². The van der Waals surface area contributed by atoms with Crippen LogP contribution in [0.25, 0.3) is 0 Å². The van der Waals surface area contributed by atoms with Crippen LogP contribution >= 0.6 is 0 Å². The zero-order valence-electron chi connectivity index (χ0n) is 15.8. The third-order valence-corrected chi connectivity index (χ3v) is 6.43. The van der Waals surface area contributed by atoms with Crippen LogP contribution in [0.15, 0.2) is 24.3 Å². The molecular weight excluding hydrogens is 328 g/mol. The molecule has 0 aromatic carbocycles. The van der Waals surface area contributed by atoms with Gasteiger partial charge in [-0.1, -0.05) is 50.0 Å². The van der Waals surface area contributed by atoms with Crippen LogP contribution in [0, 0.1) is 17.8 Å². The van der Waals surface area contributed by atoms with Crippen LogP contribution in [0.2, 0.25) is 0 Å². The summed E-state index contributed by atoms with van der Waals surface area (Å²) in [6.45, 7) is 0. The van der Waals surface area contributed by atoms with Crippen molar-refractivity contribution in [3.63, 3.8) is 0 Å². The molecule has 0 radical (unpaired) electrons. The maximum Gasteiger partial charge on any atom is 0.303 e. The van der Waals surface area contributed by atoms with Gasteiger partial charge >= 0.3 is 5.97 Å². The van der Waals surface area contributed by atoms with E-state index in [-0.39, 0.29) is 12.5 Å². The highest BCUT2D eigenvalue weighted by Crippen LogP contribution is 2.46. The molecule has 2 saturated heterocycles. The predicted molar refractivity (Wildman–Crippen MR) is 102 cm³/mol. The Kier molecular flexibility index (Phi) is 7.32. The van der Waals surface area contributed by atoms with E-state index in [2.05, 4.69) is 18.2 Å². The van der Waals surface area contributed by atoms with E-state index in [1.807, 2.05) is 6.08 Å². The molecule has 4 nitrogen and oxygen atoms in total. The molecule has 5 atom stereocenters. The number of fused-ring (bicyclic) bond motifs is 2. The Hall–Kier alpha value is -1.13. The Labute approximate surface area is 157 Å². The minimum Gasteiger partial charge on any atom is -0.481 e. The van der Waals surface area contributed by atoms with Crippen LogP contribution in [-0.4, -0.2) is 34.5 Å². The lowest BCUT2D eigenvalue weighted by atomic mass is 9.77. The lowest BCUT2D eigenvalue weighted by Crippen LogP contribution is -2.25. The number of hydrogen-bond acceptors (Lipinski definition) is 3. The van der Waals surface area contributed by atoms with Crippen molar-refractivity contribution in [1.29, 1.82) is 0 Å². The molecule has 1 unspecified atom stereocenters. The minimum atomic E-state index is -0.721. The van der Waals surface area contributed by atoms with Crippen LogP contribution in [0.5, 0.6) is 0 Å².